The van der Waals surface area contributed by atoms with E-state index in [1.54, 1.807) is 18.2 Å². The van der Waals surface area contributed by atoms with Crippen molar-refractivity contribution in [1.82, 2.24) is 10.1 Å². The van der Waals surface area contributed by atoms with E-state index in [9.17, 15) is 9.59 Å². The van der Waals surface area contributed by atoms with Crippen molar-refractivity contribution in [2.75, 3.05) is 44.5 Å². The first kappa shape index (κ1) is 20.5. The molecule has 2 N–H and O–H groups in total. The normalized spacial score (nSPS) is 15.6. The Morgan fingerprint density at radius 2 is 1.97 bits per heavy atom. The van der Waals surface area contributed by atoms with E-state index in [0.29, 0.717) is 30.3 Å². The second-order valence-electron chi connectivity index (χ2n) is 6.48. The van der Waals surface area contributed by atoms with Crippen LogP contribution in [0.2, 0.25) is 0 Å². The van der Waals surface area contributed by atoms with Crippen molar-refractivity contribution in [2.45, 2.75) is 18.9 Å². The minimum absolute atomic E-state index is 0.111. The summed E-state index contributed by atoms with van der Waals surface area (Å²) in [6.45, 7) is 0.775. The molecule has 10 heteroatoms. The van der Waals surface area contributed by atoms with Crippen molar-refractivity contribution < 1.29 is 28.3 Å². The highest BCUT2D eigenvalue weighted by Gasteiger charge is 2.25. The standard InChI is InChI=1S/C19H24N4O6/c1-26-15-8-13(9-16(10-15)27-2)20-19(25)23(11-14-4-3-6-28-14)12-18(24)21-17-5-7-29-22-17/h5,7-10,14H,3-4,6,11-12H2,1-2H3,(H,20,25)(H,21,22,24). The van der Waals surface area contributed by atoms with Crippen LogP contribution in [0.1, 0.15) is 12.8 Å². The summed E-state index contributed by atoms with van der Waals surface area (Å²) >= 11 is 0. The fourth-order valence-electron chi connectivity index (χ4n) is 2.97. The number of hydrogen-bond acceptors (Lipinski definition) is 7. The lowest BCUT2D eigenvalue weighted by Crippen LogP contribution is -2.44. The lowest BCUT2D eigenvalue weighted by molar-refractivity contribution is -0.117. The van der Waals surface area contributed by atoms with E-state index >= 15 is 0 Å². The Bertz CT molecular complexity index is 798. The fraction of sp³-hybridized carbons (Fsp3) is 0.421. The summed E-state index contributed by atoms with van der Waals surface area (Å²) < 4.78 is 20.8. The first-order valence-corrected chi connectivity index (χ1v) is 9.18. The van der Waals surface area contributed by atoms with Crippen molar-refractivity contribution in [3.05, 3.63) is 30.5 Å². The Morgan fingerprint density at radius 3 is 2.55 bits per heavy atom. The third-order valence-electron chi connectivity index (χ3n) is 4.38. The Kier molecular flexibility index (Phi) is 6.90. The smallest absolute Gasteiger partial charge is 0.322 e. The van der Waals surface area contributed by atoms with Gasteiger partial charge in [-0.15, -0.1) is 0 Å². The highest BCUT2D eigenvalue weighted by Crippen LogP contribution is 2.26. The molecule has 1 saturated heterocycles. The number of carbonyl (C=O) groups excluding carboxylic acids is 2. The number of hydrogen-bond donors (Lipinski definition) is 2. The molecule has 2 heterocycles. The van der Waals surface area contributed by atoms with Gasteiger partial charge in [-0.2, -0.15) is 0 Å². The van der Waals surface area contributed by atoms with Gasteiger partial charge in [-0.25, -0.2) is 4.79 Å². The quantitative estimate of drug-likeness (QED) is 0.694. The number of amides is 3. The van der Waals surface area contributed by atoms with E-state index in [-0.39, 0.29) is 18.5 Å². The van der Waals surface area contributed by atoms with E-state index in [2.05, 4.69) is 15.8 Å². The number of anilines is 2. The molecule has 29 heavy (non-hydrogen) atoms. The van der Waals surface area contributed by atoms with Crippen LogP contribution in [0.15, 0.2) is 35.1 Å². The first-order valence-electron chi connectivity index (χ1n) is 9.18. The van der Waals surface area contributed by atoms with Gasteiger partial charge < -0.3 is 34.3 Å². The van der Waals surface area contributed by atoms with E-state index in [1.165, 1.54) is 31.4 Å². The number of carbonyl (C=O) groups is 2. The van der Waals surface area contributed by atoms with Crippen LogP contribution >= 0.6 is 0 Å². The van der Waals surface area contributed by atoms with Crippen molar-refractivity contribution in [1.29, 1.82) is 0 Å². The molecule has 1 aromatic carbocycles. The van der Waals surface area contributed by atoms with Crippen molar-refractivity contribution in [3.8, 4) is 11.5 Å². The summed E-state index contributed by atoms with van der Waals surface area (Å²) in [5.41, 5.74) is 0.487. The number of rotatable bonds is 8. The second-order valence-corrected chi connectivity index (χ2v) is 6.48. The molecule has 3 rings (SSSR count). The number of nitrogens with zero attached hydrogens (tertiary/aromatic N) is 2. The van der Waals surface area contributed by atoms with Crippen LogP contribution in [0.25, 0.3) is 0 Å². The molecule has 1 aromatic heterocycles. The average molecular weight is 404 g/mol. The van der Waals surface area contributed by atoms with Crippen LogP contribution in [-0.2, 0) is 9.53 Å². The zero-order valence-corrected chi connectivity index (χ0v) is 16.3. The highest BCUT2D eigenvalue weighted by molar-refractivity contribution is 5.96. The molecular formula is C19H24N4O6. The maximum absolute atomic E-state index is 12.9. The Hall–Kier alpha value is -3.27. The molecule has 1 atom stereocenters. The van der Waals surface area contributed by atoms with Gasteiger partial charge in [-0.05, 0) is 12.8 Å². The maximum atomic E-state index is 12.9. The third-order valence-corrected chi connectivity index (χ3v) is 4.38. The second kappa shape index (κ2) is 9.78. The van der Waals surface area contributed by atoms with Gasteiger partial charge in [0.15, 0.2) is 5.82 Å². The van der Waals surface area contributed by atoms with Crippen LogP contribution in [0.4, 0.5) is 16.3 Å². The number of methoxy groups -OCH3 is 2. The molecule has 1 unspecified atom stereocenters. The summed E-state index contributed by atoms with van der Waals surface area (Å²) in [6.07, 6.45) is 3.00. The fourth-order valence-corrected chi connectivity index (χ4v) is 2.97. The SMILES string of the molecule is COc1cc(NC(=O)N(CC(=O)Nc2ccon2)CC2CCCO2)cc(OC)c1. The van der Waals surface area contributed by atoms with Gasteiger partial charge in [0.2, 0.25) is 5.91 Å². The summed E-state index contributed by atoms with van der Waals surface area (Å²) in [5, 5.41) is 9.01. The van der Waals surface area contributed by atoms with Crippen LogP contribution in [0, 0.1) is 0 Å². The zero-order chi connectivity index (χ0) is 20.6. The predicted molar refractivity (Wildman–Crippen MR) is 104 cm³/mol. The molecule has 3 amide bonds. The topological polar surface area (TPSA) is 115 Å². The van der Waals surface area contributed by atoms with Crippen LogP contribution in [-0.4, -0.2) is 62.0 Å². The third kappa shape index (κ3) is 5.85. The highest BCUT2D eigenvalue weighted by atomic mass is 16.5. The predicted octanol–water partition coefficient (Wildman–Crippen LogP) is 2.34. The van der Waals surface area contributed by atoms with Crippen molar-refractivity contribution in [3.63, 3.8) is 0 Å². The molecule has 1 aliphatic heterocycles. The van der Waals surface area contributed by atoms with E-state index in [1.807, 2.05) is 0 Å². The molecule has 10 nitrogen and oxygen atoms in total. The lowest BCUT2D eigenvalue weighted by Gasteiger charge is -2.25. The first-order chi connectivity index (χ1) is 14.1. The van der Waals surface area contributed by atoms with Gasteiger partial charge in [0.25, 0.3) is 0 Å². The van der Waals surface area contributed by atoms with Gasteiger partial charge in [0, 0.05) is 43.1 Å². The lowest BCUT2D eigenvalue weighted by atomic mass is 10.2. The molecule has 0 aliphatic carbocycles. The molecule has 0 bridgehead atoms. The summed E-state index contributed by atoms with van der Waals surface area (Å²) in [4.78, 5) is 26.7. The van der Waals surface area contributed by atoms with E-state index in [0.717, 1.165) is 12.8 Å². The van der Waals surface area contributed by atoms with E-state index < -0.39 is 11.9 Å². The number of nitrogens with one attached hydrogen (secondary N) is 2. The Morgan fingerprint density at radius 1 is 1.21 bits per heavy atom. The van der Waals surface area contributed by atoms with Gasteiger partial charge >= 0.3 is 6.03 Å². The molecule has 156 valence electrons. The number of benzene rings is 1. The van der Waals surface area contributed by atoms with E-state index in [4.69, 9.17) is 18.7 Å². The average Bonchev–Trinajstić information content (AvgIpc) is 3.41. The Balaban J connectivity index is 1.70. The molecule has 1 aliphatic rings. The molecule has 1 fully saturated rings. The van der Waals surface area contributed by atoms with Crippen LogP contribution in [0.3, 0.4) is 0 Å². The van der Waals surface area contributed by atoms with Gasteiger partial charge in [0.1, 0.15) is 24.3 Å². The van der Waals surface area contributed by atoms with Gasteiger partial charge in [-0.3, -0.25) is 4.79 Å². The van der Waals surface area contributed by atoms with Crippen molar-refractivity contribution >= 4 is 23.4 Å². The van der Waals surface area contributed by atoms with Crippen LogP contribution < -0.4 is 20.1 Å². The monoisotopic (exact) mass is 404 g/mol. The summed E-state index contributed by atoms with van der Waals surface area (Å²) in [7, 11) is 3.05. The number of ether oxygens (including phenoxy) is 3. The largest absolute Gasteiger partial charge is 0.497 e. The van der Waals surface area contributed by atoms with Crippen LogP contribution in [0.5, 0.6) is 11.5 Å². The molecule has 0 radical (unpaired) electrons. The number of urea groups is 1. The maximum Gasteiger partial charge on any atom is 0.322 e. The summed E-state index contributed by atoms with van der Waals surface area (Å²) in [5.74, 6) is 0.962. The Labute approximate surface area is 168 Å². The number of aromatic nitrogens is 1. The zero-order valence-electron chi connectivity index (χ0n) is 16.3. The van der Waals surface area contributed by atoms with Crippen molar-refractivity contribution in [2.24, 2.45) is 0 Å². The molecule has 2 aromatic rings. The summed E-state index contributed by atoms with van der Waals surface area (Å²) in [6, 6.07) is 6.11. The molecule has 0 saturated carbocycles. The van der Waals surface area contributed by atoms with Gasteiger partial charge in [0.05, 0.1) is 20.3 Å². The van der Waals surface area contributed by atoms with Gasteiger partial charge in [-0.1, -0.05) is 5.16 Å². The minimum atomic E-state index is -0.439. The minimum Gasteiger partial charge on any atom is -0.497 e. The molecular weight excluding hydrogens is 380 g/mol. The molecule has 0 spiro atoms.